The lowest BCUT2D eigenvalue weighted by Crippen LogP contribution is -2.30. The molecule has 0 rings (SSSR count). The Kier molecular flexibility index (Phi) is 68.1. The molecule has 82 heavy (non-hydrogen) atoms. The van der Waals surface area contributed by atoms with Crippen LogP contribution in [-0.2, 0) is 28.6 Å². The molecule has 0 N–H and O–H groups in total. The summed E-state index contributed by atoms with van der Waals surface area (Å²) in [6, 6.07) is 0. The summed E-state index contributed by atoms with van der Waals surface area (Å²) in [5, 5.41) is 0. The molecule has 0 heterocycles. The molecule has 0 saturated heterocycles. The second kappa shape index (κ2) is 70.6. The number of allylic oxidation sites excluding steroid dienone is 10. The van der Waals surface area contributed by atoms with Crippen LogP contribution < -0.4 is 0 Å². The fourth-order valence-corrected chi connectivity index (χ4v) is 10.8. The van der Waals surface area contributed by atoms with E-state index in [0.717, 1.165) is 89.9 Å². The molecule has 0 aliphatic carbocycles. The summed E-state index contributed by atoms with van der Waals surface area (Å²) in [7, 11) is 0. The molecule has 1 atom stereocenters. The molecule has 0 spiro atoms. The highest BCUT2D eigenvalue weighted by molar-refractivity contribution is 5.71. The van der Waals surface area contributed by atoms with Gasteiger partial charge in [-0.05, 0) is 83.5 Å². The van der Waals surface area contributed by atoms with Crippen LogP contribution in [0.1, 0.15) is 387 Å². The van der Waals surface area contributed by atoms with Gasteiger partial charge < -0.3 is 14.2 Å². The first-order valence-electron chi connectivity index (χ1n) is 36.3. The molecule has 0 aliphatic heterocycles. The Labute approximate surface area is 510 Å². The van der Waals surface area contributed by atoms with Gasteiger partial charge in [0.05, 0.1) is 0 Å². The van der Waals surface area contributed by atoms with Crippen LogP contribution in [0.15, 0.2) is 60.8 Å². The molecule has 0 saturated carbocycles. The number of ether oxygens (including phenoxy) is 3. The number of hydrogen-bond donors (Lipinski definition) is 0. The normalized spacial score (nSPS) is 12.4. The summed E-state index contributed by atoms with van der Waals surface area (Å²) in [4.78, 5) is 38.5. The lowest BCUT2D eigenvalue weighted by molar-refractivity contribution is -0.167. The summed E-state index contributed by atoms with van der Waals surface area (Å²) < 4.78 is 17.0. The summed E-state index contributed by atoms with van der Waals surface area (Å²) in [6.07, 6.45) is 91.1. The summed E-state index contributed by atoms with van der Waals surface area (Å²) >= 11 is 0. The van der Waals surface area contributed by atoms with E-state index in [9.17, 15) is 14.4 Å². The second-order valence-corrected chi connectivity index (χ2v) is 24.5. The van der Waals surface area contributed by atoms with E-state index < -0.39 is 6.10 Å². The van der Waals surface area contributed by atoms with Crippen molar-refractivity contribution in [2.45, 2.75) is 393 Å². The minimum absolute atomic E-state index is 0.0729. The number of carbonyl (C=O) groups is 3. The van der Waals surface area contributed by atoms with Gasteiger partial charge in [-0.25, -0.2) is 0 Å². The van der Waals surface area contributed by atoms with Crippen molar-refractivity contribution >= 4 is 17.9 Å². The van der Waals surface area contributed by atoms with Gasteiger partial charge in [0.25, 0.3) is 0 Å². The van der Waals surface area contributed by atoms with Crippen LogP contribution >= 0.6 is 0 Å². The first-order chi connectivity index (χ1) is 40.5. The third-order valence-corrected chi connectivity index (χ3v) is 16.3. The zero-order chi connectivity index (χ0) is 59.2. The van der Waals surface area contributed by atoms with E-state index >= 15 is 0 Å². The van der Waals surface area contributed by atoms with Crippen molar-refractivity contribution < 1.29 is 28.6 Å². The Morgan fingerprint density at radius 1 is 0.256 bits per heavy atom. The third-order valence-electron chi connectivity index (χ3n) is 16.3. The maximum absolute atomic E-state index is 13.0. The van der Waals surface area contributed by atoms with Crippen molar-refractivity contribution in [3.8, 4) is 0 Å². The molecule has 478 valence electrons. The summed E-state index contributed by atoms with van der Waals surface area (Å²) in [5.74, 6) is -0.856. The first-order valence-corrected chi connectivity index (χ1v) is 36.3. The predicted octanol–water partition coefficient (Wildman–Crippen LogP) is 25.1. The molecule has 1 unspecified atom stereocenters. The van der Waals surface area contributed by atoms with Crippen LogP contribution in [0, 0.1) is 0 Å². The van der Waals surface area contributed by atoms with Gasteiger partial charge in [-0.2, -0.15) is 0 Å². The largest absolute Gasteiger partial charge is 0.462 e. The van der Waals surface area contributed by atoms with E-state index in [0.29, 0.717) is 19.3 Å². The minimum atomic E-state index is -0.778. The number of carbonyl (C=O) groups excluding carboxylic acids is 3. The number of hydrogen-bond acceptors (Lipinski definition) is 6. The van der Waals surface area contributed by atoms with Gasteiger partial charge in [0.15, 0.2) is 6.10 Å². The van der Waals surface area contributed by atoms with Crippen molar-refractivity contribution in [1.29, 1.82) is 0 Å². The average Bonchev–Trinajstić information content (AvgIpc) is 3.47. The van der Waals surface area contributed by atoms with E-state index in [-0.39, 0.29) is 31.1 Å². The standard InChI is InChI=1S/C76H138O6/c1-4-7-10-13-16-19-22-25-28-31-33-35-36-37-38-39-40-41-43-45-48-51-54-57-60-63-66-69-75(78)81-72-73(71-80-74(77)68-65-62-59-56-53-50-47-44-30-27-24-21-18-15-12-9-6-3)82-76(79)70-67-64-61-58-55-52-49-46-42-34-32-29-26-23-20-17-14-11-8-5-2/h9,12,18,21-22,25,27,30-31,33,73H,4-8,10-11,13-17,19-20,23-24,26,28-29,32,34-72H2,1-3H3/b12-9-,21-18-,25-22-,30-27-,33-31-. The lowest BCUT2D eigenvalue weighted by Gasteiger charge is -2.18. The van der Waals surface area contributed by atoms with Crippen molar-refractivity contribution in [2.75, 3.05) is 13.2 Å². The van der Waals surface area contributed by atoms with Crippen LogP contribution in [0.3, 0.4) is 0 Å². The molecule has 0 bridgehead atoms. The monoisotopic (exact) mass is 1150 g/mol. The van der Waals surface area contributed by atoms with Gasteiger partial charge >= 0.3 is 17.9 Å². The number of unbranched alkanes of at least 4 members (excludes halogenated alkanes) is 46. The average molecular weight is 1150 g/mol. The molecule has 0 aliphatic rings. The molecular formula is C76H138O6. The molecule has 0 aromatic carbocycles. The van der Waals surface area contributed by atoms with Gasteiger partial charge in [-0.15, -0.1) is 0 Å². The Hall–Kier alpha value is -2.89. The van der Waals surface area contributed by atoms with Crippen molar-refractivity contribution in [3.63, 3.8) is 0 Å². The van der Waals surface area contributed by atoms with E-state index in [1.807, 2.05) is 0 Å². The van der Waals surface area contributed by atoms with E-state index in [1.165, 1.54) is 257 Å². The maximum atomic E-state index is 13.0. The van der Waals surface area contributed by atoms with Gasteiger partial charge in [0, 0.05) is 19.3 Å². The zero-order valence-electron chi connectivity index (χ0n) is 55.0. The van der Waals surface area contributed by atoms with Crippen molar-refractivity contribution in [1.82, 2.24) is 0 Å². The van der Waals surface area contributed by atoms with Gasteiger partial charge in [-0.1, -0.05) is 345 Å². The SMILES string of the molecule is CC/C=C\C/C=C\C/C=C\CCCCCCCCCC(=O)OCC(COC(=O)CCCCCCCCCCCCCCCCC/C=C\C/C=C\CCCCCCC)OC(=O)CCCCCCCCCCCCCCCCCCCCCC. The van der Waals surface area contributed by atoms with Gasteiger partial charge in [0.1, 0.15) is 13.2 Å². The van der Waals surface area contributed by atoms with Crippen molar-refractivity contribution in [2.24, 2.45) is 0 Å². The van der Waals surface area contributed by atoms with Crippen LogP contribution in [-0.4, -0.2) is 37.2 Å². The Bertz CT molecular complexity index is 1460. The van der Waals surface area contributed by atoms with Crippen LogP contribution in [0.25, 0.3) is 0 Å². The molecule has 0 aromatic rings. The summed E-state index contributed by atoms with van der Waals surface area (Å²) in [5.41, 5.74) is 0. The van der Waals surface area contributed by atoms with E-state index in [2.05, 4.69) is 81.5 Å². The van der Waals surface area contributed by atoms with Crippen LogP contribution in [0.5, 0.6) is 0 Å². The molecule has 0 fully saturated rings. The highest BCUT2D eigenvalue weighted by Crippen LogP contribution is 2.18. The summed E-state index contributed by atoms with van der Waals surface area (Å²) in [6.45, 7) is 6.58. The molecule has 0 aromatic heterocycles. The second-order valence-electron chi connectivity index (χ2n) is 24.5. The minimum Gasteiger partial charge on any atom is -0.462 e. The molecule has 6 nitrogen and oxygen atoms in total. The van der Waals surface area contributed by atoms with E-state index in [4.69, 9.17) is 14.2 Å². The number of rotatable bonds is 67. The predicted molar refractivity (Wildman–Crippen MR) is 358 cm³/mol. The van der Waals surface area contributed by atoms with Gasteiger partial charge in [-0.3, -0.25) is 14.4 Å². The van der Waals surface area contributed by atoms with Crippen LogP contribution in [0.2, 0.25) is 0 Å². The molecule has 6 heteroatoms. The Balaban J connectivity index is 4.28. The van der Waals surface area contributed by atoms with Gasteiger partial charge in [0.2, 0.25) is 0 Å². The fourth-order valence-electron chi connectivity index (χ4n) is 10.8. The third kappa shape index (κ3) is 67.9. The topological polar surface area (TPSA) is 78.9 Å². The zero-order valence-corrected chi connectivity index (χ0v) is 55.0. The Morgan fingerprint density at radius 3 is 0.744 bits per heavy atom. The first kappa shape index (κ1) is 79.1. The highest BCUT2D eigenvalue weighted by Gasteiger charge is 2.19. The lowest BCUT2D eigenvalue weighted by atomic mass is 10.0. The smallest absolute Gasteiger partial charge is 0.306 e. The highest BCUT2D eigenvalue weighted by atomic mass is 16.6. The molecular weight excluding hydrogens is 1010 g/mol. The number of esters is 3. The fraction of sp³-hybridized carbons (Fsp3) is 0.829. The maximum Gasteiger partial charge on any atom is 0.306 e. The Morgan fingerprint density at radius 2 is 0.476 bits per heavy atom. The molecule has 0 amide bonds. The van der Waals surface area contributed by atoms with E-state index in [1.54, 1.807) is 0 Å². The van der Waals surface area contributed by atoms with Crippen molar-refractivity contribution in [3.05, 3.63) is 60.8 Å². The molecule has 0 radical (unpaired) electrons. The van der Waals surface area contributed by atoms with Crippen LogP contribution in [0.4, 0.5) is 0 Å². The quantitative estimate of drug-likeness (QED) is 0.0261.